The molecule has 0 aliphatic heterocycles. The average molecular weight is 315 g/mol. The molecule has 1 unspecified atom stereocenters. The number of quaternary nitrogens is 1. The third-order valence-electron chi connectivity index (χ3n) is 4.45. The van der Waals surface area contributed by atoms with Crippen LogP contribution < -0.4 is 15.1 Å². The fourth-order valence-electron chi connectivity index (χ4n) is 2.81. The van der Waals surface area contributed by atoms with Gasteiger partial charge in [-0.1, -0.05) is 12.1 Å². The summed E-state index contributed by atoms with van der Waals surface area (Å²) in [5.74, 6) is 0.263. The third kappa shape index (κ3) is 4.70. The van der Waals surface area contributed by atoms with Crippen molar-refractivity contribution < 1.29 is 9.69 Å². The van der Waals surface area contributed by atoms with E-state index < -0.39 is 5.54 Å². The Morgan fingerprint density at radius 3 is 2.48 bits per heavy atom. The van der Waals surface area contributed by atoms with E-state index in [1.54, 1.807) is 0 Å². The van der Waals surface area contributed by atoms with Crippen LogP contribution in [0.4, 0.5) is 5.69 Å². The number of likely N-dealkylation sites (N-methyl/N-ethyl adjacent to an activating group) is 1. The summed E-state index contributed by atoms with van der Waals surface area (Å²) in [7, 11) is 6.03. The van der Waals surface area contributed by atoms with Crippen LogP contribution in [0.15, 0.2) is 24.3 Å². The van der Waals surface area contributed by atoms with E-state index in [1.807, 2.05) is 28.1 Å². The molecule has 1 aromatic rings. The second kappa shape index (κ2) is 7.01. The Balaban J connectivity index is 1.85. The summed E-state index contributed by atoms with van der Waals surface area (Å²) in [4.78, 5) is 15.4. The lowest BCUT2D eigenvalue weighted by Gasteiger charge is -2.23. The van der Waals surface area contributed by atoms with Crippen LogP contribution in [0.25, 0.3) is 0 Å². The quantitative estimate of drug-likeness (QED) is 0.774. The highest BCUT2D eigenvalue weighted by atomic mass is 16.2. The van der Waals surface area contributed by atoms with Gasteiger partial charge in [-0.25, -0.2) is 0 Å². The molecule has 1 fully saturated rings. The maximum absolute atomic E-state index is 12.2. The van der Waals surface area contributed by atoms with Crippen molar-refractivity contribution in [2.45, 2.75) is 31.8 Å². The summed E-state index contributed by atoms with van der Waals surface area (Å²) in [6.07, 6.45) is 2.07. The lowest BCUT2D eigenvalue weighted by atomic mass is 9.98. The van der Waals surface area contributed by atoms with E-state index in [1.165, 1.54) is 11.3 Å². The molecule has 2 N–H and O–H groups in total. The molecule has 1 saturated carbocycles. The monoisotopic (exact) mass is 315 g/mol. The van der Waals surface area contributed by atoms with Crippen molar-refractivity contribution in [3.8, 4) is 6.07 Å². The smallest absolute Gasteiger partial charge is 0.276 e. The molecule has 0 aromatic heterocycles. The van der Waals surface area contributed by atoms with Crippen molar-refractivity contribution in [3.05, 3.63) is 29.8 Å². The highest BCUT2D eigenvalue weighted by Crippen LogP contribution is 2.39. The molecule has 23 heavy (non-hydrogen) atoms. The van der Waals surface area contributed by atoms with Gasteiger partial charge in [0.15, 0.2) is 6.54 Å². The van der Waals surface area contributed by atoms with Crippen molar-refractivity contribution in [3.63, 3.8) is 0 Å². The summed E-state index contributed by atoms with van der Waals surface area (Å²) in [5, 5.41) is 12.2. The molecule has 1 aliphatic carbocycles. The van der Waals surface area contributed by atoms with Gasteiger partial charge in [0, 0.05) is 25.3 Å². The minimum absolute atomic E-state index is 0.0524. The van der Waals surface area contributed by atoms with Crippen LogP contribution in [0.2, 0.25) is 0 Å². The first-order valence-electron chi connectivity index (χ1n) is 8.14. The molecule has 124 valence electrons. The van der Waals surface area contributed by atoms with Crippen molar-refractivity contribution in [1.82, 2.24) is 5.32 Å². The molecular formula is C18H27N4O+. The molecule has 2 rings (SSSR count). The van der Waals surface area contributed by atoms with Gasteiger partial charge in [-0.05, 0) is 37.8 Å². The minimum Gasteiger partial charge on any atom is -0.378 e. The second-order valence-electron chi connectivity index (χ2n) is 7.01. The summed E-state index contributed by atoms with van der Waals surface area (Å²) >= 11 is 0. The predicted molar refractivity (Wildman–Crippen MR) is 91.1 cm³/mol. The van der Waals surface area contributed by atoms with Crippen LogP contribution in [0.1, 0.15) is 25.3 Å². The number of nitrogens with one attached hydrogen (secondary N) is 2. The Morgan fingerprint density at radius 1 is 1.39 bits per heavy atom. The van der Waals surface area contributed by atoms with E-state index in [0.717, 1.165) is 24.3 Å². The van der Waals surface area contributed by atoms with Gasteiger partial charge in [-0.3, -0.25) is 4.79 Å². The number of carbonyl (C=O) groups is 1. The minimum atomic E-state index is -0.704. The second-order valence-corrected chi connectivity index (χ2v) is 7.01. The third-order valence-corrected chi connectivity index (χ3v) is 4.45. The van der Waals surface area contributed by atoms with Gasteiger partial charge in [0.25, 0.3) is 5.91 Å². The van der Waals surface area contributed by atoms with E-state index in [2.05, 4.69) is 40.6 Å². The van der Waals surface area contributed by atoms with E-state index in [0.29, 0.717) is 12.5 Å². The van der Waals surface area contributed by atoms with E-state index in [4.69, 9.17) is 0 Å². The first kappa shape index (κ1) is 17.3. The number of rotatable bonds is 7. The van der Waals surface area contributed by atoms with Gasteiger partial charge in [-0.2, -0.15) is 5.26 Å². The van der Waals surface area contributed by atoms with E-state index >= 15 is 0 Å². The Bertz CT molecular complexity index is 586. The van der Waals surface area contributed by atoms with Crippen molar-refractivity contribution in [2.24, 2.45) is 5.92 Å². The molecule has 0 heterocycles. The Morgan fingerprint density at radius 2 is 2.00 bits per heavy atom. The summed E-state index contributed by atoms with van der Waals surface area (Å²) in [5.41, 5.74) is 1.66. The first-order chi connectivity index (χ1) is 10.8. The largest absolute Gasteiger partial charge is 0.378 e. The zero-order valence-electron chi connectivity index (χ0n) is 14.5. The Hall–Kier alpha value is -2.06. The van der Waals surface area contributed by atoms with Gasteiger partial charge in [0.05, 0.1) is 13.1 Å². The molecule has 5 heteroatoms. The summed E-state index contributed by atoms with van der Waals surface area (Å²) in [6.45, 7) is 2.99. The van der Waals surface area contributed by atoms with E-state index in [9.17, 15) is 10.1 Å². The molecule has 0 bridgehead atoms. The zero-order chi connectivity index (χ0) is 17.0. The van der Waals surface area contributed by atoms with Gasteiger partial charge in [0.2, 0.25) is 0 Å². The van der Waals surface area contributed by atoms with E-state index in [-0.39, 0.29) is 5.91 Å². The lowest BCUT2D eigenvalue weighted by Crippen LogP contribution is -3.09. The Labute approximate surface area is 138 Å². The van der Waals surface area contributed by atoms with Crippen LogP contribution in [-0.4, -0.2) is 39.1 Å². The molecule has 1 amide bonds. The molecule has 0 spiro atoms. The molecule has 2 atom stereocenters. The van der Waals surface area contributed by atoms with Gasteiger partial charge < -0.3 is 15.1 Å². The van der Waals surface area contributed by atoms with Crippen LogP contribution >= 0.6 is 0 Å². The van der Waals surface area contributed by atoms with Crippen LogP contribution in [0.3, 0.4) is 0 Å². The van der Waals surface area contributed by atoms with Crippen LogP contribution in [-0.2, 0) is 11.3 Å². The number of benzene rings is 1. The fourth-order valence-corrected chi connectivity index (χ4v) is 2.81. The number of amides is 1. The number of nitrogens with zero attached hydrogens (tertiary/aromatic N) is 2. The lowest BCUT2D eigenvalue weighted by molar-refractivity contribution is -0.885. The molecule has 5 nitrogen and oxygen atoms in total. The average Bonchev–Trinajstić information content (AvgIpc) is 3.32. The number of nitriles is 1. The molecule has 1 aliphatic rings. The highest BCUT2D eigenvalue weighted by Gasteiger charge is 2.43. The first-order valence-corrected chi connectivity index (χ1v) is 8.14. The maximum Gasteiger partial charge on any atom is 0.276 e. The number of anilines is 1. The molecule has 0 saturated heterocycles. The van der Waals surface area contributed by atoms with Crippen LogP contribution in [0, 0.1) is 17.2 Å². The standard InChI is InChI=1S/C18H26N4O/c1-18(13-19,15-7-8-15)20-17(23)12-22(4)11-14-5-9-16(10-6-14)21(2)3/h5-6,9-10,15H,7-8,11-12H2,1-4H3,(H,20,23)/p+1/t18-/m1/s1. The number of hydrogen-bond donors (Lipinski definition) is 2. The fraction of sp³-hybridized carbons (Fsp3) is 0.556. The molecular weight excluding hydrogens is 288 g/mol. The predicted octanol–water partition coefficient (Wildman–Crippen LogP) is 0.576. The van der Waals surface area contributed by atoms with Crippen molar-refractivity contribution in [2.75, 3.05) is 32.6 Å². The van der Waals surface area contributed by atoms with Gasteiger partial charge >= 0.3 is 0 Å². The Kier molecular flexibility index (Phi) is 5.27. The van der Waals surface area contributed by atoms with Gasteiger partial charge in [-0.15, -0.1) is 0 Å². The SMILES string of the molecule is CN(C)c1ccc(C[NH+](C)CC(=O)N[C@](C)(C#N)C2CC2)cc1. The summed E-state index contributed by atoms with van der Waals surface area (Å²) in [6, 6.07) is 10.6. The van der Waals surface area contributed by atoms with Crippen molar-refractivity contribution >= 4 is 11.6 Å². The van der Waals surface area contributed by atoms with Crippen LogP contribution in [0.5, 0.6) is 0 Å². The summed E-state index contributed by atoms with van der Waals surface area (Å²) < 4.78 is 0. The van der Waals surface area contributed by atoms with Crippen molar-refractivity contribution in [1.29, 1.82) is 5.26 Å². The molecule has 1 aromatic carbocycles. The number of carbonyl (C=O) groups excluding carboxylic acids is 1. The topological polar surface area (TPSA) is 60.6 Å². The van der Waals surface area contributed by atoms with Gasteiger partial charge in [0.1, 0.15) is 12.1 Å². The maximum atomic E-state index is 12.2. The highest BCUT2D eigenvalue weighted by molar-refractivity contribution is 5.78. The molecule has 0 radical (unpaired) electrons. The normalized spacial score (nSPS) is 17.7. The zero-order valence-corrected chi connectivity index (χ0v) is 14.5. The number of hydrogen-bond acceptors (Lipinski definition) is 3.